The molecule has 7 nitrogen and oxygen atoms in total. The van der Waals surface area contributed by atoms with Crippen LogP contribution in [0.15, 0.2) is 30.3 Å². The second kappa shape index (κ2) is 8.99. The Morgan fingerprint density at radius 3 is 2.68 bits per heavy atom. The highest BCUT2D eigenvalue weighted by molar-refractivity contribution is 7.17. The van der Waals surface area contributed by atoms with Crippen molar-refractivity contribution in [2.75, 3.05) is 18.5 Å². The van der Waals surface area contributed by atoms with E-state index in [-0.39, 0.29) is 6.61 Å². The second-order valence-corrected chi connectivity index (χ2v) is 7.65. The number of hydrogen-bond donors (Lipinski definition) is 2. The molecule has 0 atom stereocenters. The molecule has 0 saturated heterocycles. The van der Waals surface area contributed by atoms with Crippen LogP contribution in [0.1, 0.15) is 39.7 Å². The highest BCUT2D eigenvalue weighted by Crippen LogP contribution is 2.37. The van der Waals surface area contributed by atoms with Crippen LogP contribution in [0.5, 0.6) is 0 Å². The molecule has 0 unspecified atom stereocenters. The maximum absolute atomic E-state index is 12.1. The molecule has 0 radical (unpaired) electrons. The lowest BCUT2D eigenvalue weighted by Gasteiger charge is -2.27. The van der Waals surface area contributed by atoms with Crippen LogP contribution in [0.25, 0.3) is 0 Å². The number of thiophene rings is 1. The molecule has 28 heavy (non-hydrogen) atoms. The molecule has 2 heterocycles. The molecular formula is C20H23N3O4S. The number of anilines is 1. The number of esters is 1. The molecule has 0 aliphatic carbocycles. The lowest BCUT2D eigenvalue weighted by Crippen LogP contribution is -2.30. The van der Waals surface area contributed by atoms with E-state index in [1.54, 1.807) is 6.92 Å². The van der Waals surface area contributed by atoms with Crippen LogP contribution in [0.4, 0.5) is 5.00 Å². The Kier molecular flexibility index (Phi) is 6.43. The van der Waals surface area contributed by atoms with Crippen molar-refractivity contribution in [1.82, 2.24) is 4.90 Å². The molecule has 1 aliphatic heterocycles. The SMILES string of the molecule is CCOC(=O)CC(=O)Nc1sc2c(c1C(N)=O)CCN(Cc1ccccc1)C2. The summed E-state index contributed by atoms with van der Waals surface area (Å²) >= 11 is 1.35. The van der Waals surface area contributed by atoms with Gasteiger partial charge in [-0.2, -0.15) is 0 Å². The Bertz CT molecular complexity index is 879. The largest absolute Gasteiger partial charge is 0.466 e. The van der Waals surface area contributed by atoms with Gasteiger partial charge in [-0.05, 0) is 24.5 Å². The smallest absolute Gasteiger partial charge is 0.315 e. The highest BCUT2D eigenvalue weighted by atomic mass is 32.1. The van der Waals surface area contributed by atoms with Crippen molar-refractivity contribution in [3.63, 3.8) is 0 Å². The van der Waals surface area contributed by atoms with E-state index in [0.717, 1.165) is 23.5 Å². The van der Waals surface area contributed by atoms with Crippen LogP contribution < -0.4 is 11.1 Å². The molecule has 1 aromatic carbocycles. The molecule has 3 rings (SSSR count). The summed E-state index contributed by atoms with van der Waals surface area (Å²) in [5, 5.41) is 3.07. The summed E-state index contributed by atoms with van der Waals surface area (Å²) in [6.45, 7) is 4.19. The fourth-order valence-electron chi connectivity index (χ4n) is 3.30. The molecule has 2 aromatic rings. The van der Waals surface area contributed by atoms with Gasteiger partial charge in [0.05, 0.1) is 12.2 Å². The summed E-state index contributed by atoms with van der Waals surface area (Å²) in [5.74, 6) is -1.68. The number of hydrogen-bond acceptors (Lipinski definition) is 6. The van der Waals surface area contributed by atoms with Crippen molar-refractivity contribution < 1.29 is 19.1 Å². The minimum atomic E-state index is -0.601. The Balaban J connectivity index is 1.74. The van der Waals surface area contributed by atoms with Crippen LogP contribution in [-0.2, 0) is 33.8 Å². The first kappa shape index (κ1) is 20.0. The minimum absolute atomic E-state index is 0.212. The van der Waals surface area contributed by atoms with Crippen LogP contribution in [0, 0.1) is 0 Å². The third kappa shape index (κ3) is 4.76. The summed E-state index contributed by atoms with van der Waals surface area (Å²) in [6.07, 6.45) is 0.291. The second-order valence-electron chi connectivity index (χ2n) is 6.55. The maximum Gasteiger partial charge on any atom is 0.315 e. The number of nitrogens with zero attached hydrogens (tertiary/aromatic N) is 1. The van der Waals surface area contributed by atoms with E-state index in [0.29, 0.717) is 23.5 Å². The van der Waals surface area contributed by atoms with E-state index in [2.05, 4.69) is 22.3 Å². The molecule has 0 saturated carbocycles. The average Bonchev–Trinajstić information content (AvgIpc) is 2.99. The van der Waals surface area contributed by atoms with Crippen molar-refractivity contribution in [3.05, 3.63) is 51.9 Å². The number of primary amides is 1. The first-order valence-electron chi connectivity index (χ1n) is 9.14. The quantitative estimate of drug-likeness (QED) is 0.548. The first-order valence-corrected chi connectivity index (χ1v) is 9.95. The van der Waals surface area contributed by atoms with Gasteiger partial charge in [0.2, 0.25) is 5.91 Å². The molecule has 3 N–H and O–H groups in total. The number of carbonyl (C=O) groups excluding carboxylic acids is 3. The van der Waals surface area contributed by atoms with Gasteiger partial charge in [0.1, 0.15) is 11.4 Å². The van der Waals surface area contributed by atoms with Crippen molar-refractivity contribution >= 4 is 34.1 Å². The molecule has 1 aromatic heterocycles. The minimum Gasteiger partial charge on any atom is -0.466 e. The third-order valence-corrected chi connectivity index (χ3v) is 5.63. The van der Waals surface area contributed by atoms with Gasteiger partial charge in [0.15, 0.2) is 0 Å². The monoisotopic (exact) mass is 401 g/mol. The van der Waals surface area contributed by atoms with Gasteiger partial charge in [-0.15, -0.1) is 11.3 Å². The van der Waals surface area contributed by atoms with Gasteiger partial charge >= 0.3 is 5.97 Å². The van der Waals surface area contributed by atoms with Crippen LogP contribution >= 0.6 is 11.3 Å². The number of benzene rings is 1. The first-order chi connectivity index (χ1) is 13.5. The summed E-state index contributed by atoms with van der Waals surface area (Å²) in [7, 11) is 0. The molecule has 0 spiro atoms. The van der Waals surface area contributed by atoms with E-state index in [1.807, 2.05) is 18.2 Å². The molecular weight excluding hydrogens is 378 g/mol. The number of ether oxygens (including phenoxy) is 1. The number of rotatable bonds is 7. The summed E-state index contributed by atoms with van der Waals surface area (Å²) < 4.78 is 4.79. The topological polar surface area (TPSA) is 102 Å². The van der Waals surface area contributed by atoms with Crippen molar-refractivity contribution in [1.29, 1.82) is 0 Å². The van der Waals surface area contributed by atoms with E-state index < -0.39 is 24.2 Å². The fraction of sp³-hybridized carbons (Fsp3) is 0.350. The number of carbonyl (C=O) groups is 3. The standard InChI is InChI=1S/C20H23N3O4S/c1-2-27-17(25)10-16(24)22-20-18(19(21)26)14-8-9-23(12-15(14)28-20)11-13-6-4-3-5-7-13/h3-7H,2,8-12H2,1H3,(H2,21,26)(H,22,24). The predicted octanol–water partition coefficient (Wildman–Crippen LogP) is 2.30. The summed E-state index contributed by atoms with van der Waals surface area (Å²) in [5.41, 5.74) is 8.05. The van der Waals surface area contributed by atoms with Gasteiger partial charge in [0, 0.05) is 24.5 Å². The molecule has 148 valence electrons. The molecule has 2 amide bonds. The van der Waals surface area contributed by atoms with Crippen molar-refractivity contribution in [2.24, 2.45) is 5.73 Å². The molecule has 1 aliphatic rings. The lowest BCUT2D eigenvalue weighted by molar-refractivity contribution is -0.145. The van der Waals surface area contributed by atoms with Gasteiger partial charge < -0.3 is 15.8 Å². The molecule has 0 bridgehead atoms. The van der Waals surface area contributed by atoms with Crippen molar-refractivity contribution in [2.45, 2.75) is 32.9 Å². The fourth-order valence-corrected chi connectivity index (χ4v) is 4.61. The zero-order valence-electron chi connectivity index (χ0n) is 15.7. The van der Waals surface area contributed by atoms with E-state index in [4.69, 9.17) is 10.5 Å². The van der Waals surface area contributed by atoms with Gasteiger partial charge in [-0.3, -0.25) is 19.3 Å². The van der Waals surface area contributed by atoms with Crippen LogP contribution in [0.2, 0.25) is 0 Å². The van der Waals surface area contributed by atoms with E-state index in [9.17, 15) is 14.4 Å². The average molecular weight is 401 g/mol. The molecule has 0 fully saturated rings. The van der Waals surface area contributed by atoms with Gasteiger partial charge in [0.25, 0.3) is 5.91 Å². The number of nitrogens with one attached hydrogen (secondary N) is 1. The van der Waals surface area contributed by atoms with Gasteiger partial charge in [-0.25, -0.2) is 0 Å². The Labute approximate surface area is 167 Å². The Morgan fingerprint density at radius 2 is 2.00 bits per heavy atom. The number of amides is 2. The van der Waals surface area contributed by atoms with Crippen LogP contribution in [0.3, 0.4) is 0 Å². The van der Waals surface area contributed by atoms with Gasteiger partial charge in [-0.1, -0.05) is 30.3 Å². The number of nitrogens with two attached hydrogens (primary N) is 1. The predicted molar refractivity (Wildman–Crippen MR) is 107 cm³/mol. The zero-order chi connectivity index (χ0) is 20.1. The lowest BCUT2D eigenvalue weighted by atomic mass is 10.0. The summed E-state index contributed by atoms with van der Waals surface area (Å²) in [4.78, 5) is 38.9. The summed E-state index contributed by atoms with van der Waals surface area (Å²) in [6, 6.07) is 10.2. The van der Waals surface area contributed by atoms with Crippen molar-refractivity contribution in [3.8, 4) is 0 Å². The highest BCUT2D eigenvalue weighted by Gasteiger charge is 2.28. The molecule has 8 heteroatoms. The number of fused-ring (bicyclic) bond motifs is 1. The van der Waals surface area contributed by atoms with E-state index in [1.165, 1.54) is 16.9 Å². The van der Waals surface area contributed by atoms with Crippen LogP contribution in [-0.4, -0.2) is 35.8 Å². The Hall–Kier alpha value is -2.71. The van der Waals surface area contributed by atoms with E-state index >= 15 is 0 Å². The normalized spacial score (nSPS) is 13.6. The zero-order valence-corrected chi connectivity index (χ0v) is 16.5. The maximum atomic E-state index is 12.1. The Morgan fingerprint density at radius 1 is 1.25 bits per heavy atom. The third-order valence-electron chi connectivity index (χ3n) is 4.49.